The fraction of sp³-hybridized carbons (Fsp3) is 0.209. The topological polar surface area (TPSA) is 219 Å². The molecule has 2 aliphatic rings. The Bertz CT molecular complexity index is 2710. The molecule has 5 heterocycles. The van der Waals surface area contributed by atoms with Crippen LogP contribution in [0.3, 0.4) is 0 Å². The fourth-order valence-electron chi connectivity index (χ4n) is 7.30. The van der Waals surface area contributed by atoms with E-state index in [-0.39, 0.29) is 82.9 Å². The van der Waals surface area contributed by atoms with Gasteiger partial charge in [0.05, 0.1) is 36.4 Å². The maximum Gasteiger partial charge on any atom is 0.355 e. The van der Waals surface area contributed by atoms with Gasteiger partial charge in [0.1, 0.15) is 44.1 Å². The van der Waals surface area contributed by atoms with Crippen LogP contribution in [-0.4, -0.2) is 69.1 Å². The van der Waals surface area contributed by atoms with E-state index >= 15 is 0 Å². The molecule has 0 radical (unpaired) electrons. The molecule has 20 heteroatoms. The Labute approximate surface area is 386 Å². The number of nitrogen functional groups attached to an aromatic ring is 2. The number of carbonyl (C=O) groups is 4. The zero-order valence-electron chi connectivity index (χ0n) is 34.0. The fourth-order valence-corrected chi connectivity index (χ4v) is 9.64. The number of hydrogen-bond donors (Lipinski definition) is 3. The number of nitrogens with zero attached hydrogens (tertiary/aromatic N) is 6. The third kappa shape index (κ3) is 8.91. The van der Waals surface area contributed by atoms with Gasteiger partial charge in [0, 0.05) is 11.0 Å². The summed E-state index contributed by atoms with van der Waals surface area (Å²) in [7, 11) is 2.83. The summed E-state index contributed by atoms with van der Waals surface area (Å²) in [6.07, 6.45) is 1.67. The van der Waals surface area contributed by atoms with E-state index < -0.39 is 34.2 Å². The van der Waals surface area contributed by atoms with Gasteiger partial charge in [-0.3, -0.25) is 14.5 Å². The first-order chi connectivity index (χ1) is 30.0. The van der Waals surface area contributed by atoms with E-state index in [2.05, 4.69) is 20.6 Å². The monoisotopic (exact) mass is 1000 g/mol. The Hall–Kier alpha value is -6.52. The van der Waals surface area contributed by atoms with Crippen LogP contribution < -0.4 is 50.1 Å². The van der Waals surface area contributed by atoms with Crippen LogP contribution in [0.1, 0.15) is 51.0 Å². The van der Waals surface area contributed by atoms with Crippen molar-refractivity contribution in [2.75, 3.05) is 25.7 Å². The largest absolute Gasteiger partial charge is 1.00 e. The summed E-state index contributed by atoms with van der Waals surface area (Å²) in [5.41, 5.74) is 16.3. The van der Waals surface area contributed by atoms with Gasteiger partial charge >= 0.3 is 17.6 Å². The van der Waals surface area contributed by atoms with Crippen LogP contribution in [0.2, 0.25) is 0 Å². The normalized spacial score (nSPS) is 16.9. The molecule has 0 bridgehead atoms. The maximum atomic E-state index is 14.7. The summed E-state index contributed by atoms with van der Waals surface area (Å²) in [5.74, 6) is -2.08. The van der Waals surface area contributed by atoms with E-state index in [4.69, 9.17) is 30.5 Å². The number of hydrogen-bond acceptors (Lipinski definition) is 15. The van der Waals surface area contributed by atoms with Gasteiger partial charge < -0.3 is 59.8 Å². The molecule has 3 aromatic carbocycles. The summed E-state index contributed by atoms with van der Waals surface area (Å²) in [6.45, 7) is 1.34. The number of esters is 2. The number of oxime groups is 1. The summed E-state index contributed by atoms with van der Waals surface area (Å²) in [6, 6.07) is 27.3. The number of halogens is 1. The third-order valence-corrected chi connectivity index (χ3v) is 12.5. The number of β-lactam (4-membered cyclic amide) rings is 1. The molecule has 5 N–H and O–H groups in total. The second-order valence-corrected chi connectivity index (χ2v) is 16.5. The highest BCUT2D eigenvalue weighted by Gasteiger charge is 2.58. The molecule has 1 saturated heterocycles. The first-order valence-electron chi connectivity index (χ1n) is 19.1. The van der Waals surface area contributed by atoms with Gasteiger partial charge in [0.25, 0.3) is 5.91 Å². The lowest BCUT2D eigenvalue weighted by Gasteiger charge is -2.51. The zero-order valence-corrected chi connectivity index (χ0v) is 37.8. The molecule has 6 aromatic rings. The summed E-state index contributed by atoms with van der Waals surface area (Å²) in [4.78, 5) is 65.6. The number of benzene rings is 3. The van der Waals surface area contributed by atoms with E-state index in [0.29, 0.717) is 22.7 Å². The number of carbonyl (C=O) groups excluding carboxylic acids is 4. The van der Waals surface area contributed by atoms with E-state index in [1.807, 2.05) is 60.7 Å². The van der Waals surface area contributed by atoms with E-state index in [1.54, 1.807) is 54.3 Å². The number of nitrogens with one attached hydrogen (secondary N) is 1. The highest BCUT2D eigenvalue weighted by Crippen LogP contribution is 2.54. The summed E-state index contributed by atoms with van der Waals surface area (Å²) in [5, 5.41) is 12.5. The Morgan fingerprint density at radius 3 is 2.30 bits per heavy atom. The Morgan fingerprint density at radius 2 is 1.70 bits per heavy atom. The van der Waals surface area contributed by atoms with Crippen LogP contribution in [0.15, 0.2) is 119 Å². The molecule has 0 aliphatic carbocycles. The van der Waals surface area contributed by atoms with Crippen molar-refractivity contribution in [2.45, 2.75) is 42.8 Å². The number of thioether (sulfide) groups is 1. The van der Waals surface area contributed by atoms with Gasteiger partial charge in [-0.25, -0.2) is 19.1 Å². The average molecular weight is 1000 g/mol. The van der Waals surface area contributed by atoms with Crippen LogP contribution >= 0.6 is 23.1 Å². The number of aryl methyl sites for hydroxylation is 1. The second-order valence-electron chi connectivity index (χ2n) is 14.2. The van der Waals surface area contributed by atoms with E-state index in [0.717, 1.165) is 28.7 Å². The van der Waals surface area contributed by atoms with Crippen molar-refractivity contribution in [3.05, 3.63) is 147 Å². The van der Waals surface area contributed by atoms with Gasteiger partial charge in [-0.2, -0.15) is 0 Å². The van der Waals surface area contributed by atoms with Crippen molar-refractivity contribution >= 4 is 69.7 Å². The molecule has 2 atom stereocenters. The molecule has 17 nitrogen and oxygen atoms in total. The minimum absolute atomic E-state index is 0. The SMILES string of the molecule is CON=CC(=O)NC1(c2csc(N)n2)S[C@H]2CC(=O)N2C(C(=O)OCc2ccc(OC)cc2)=C1C[n+]1cc(C(=O)OC(c2ccccc2)c2ccccc2)c(N)n2nc(C)cc21.[I-]. The van der Waals surface area contributed by atoms with Gasteiger partial charge in [0.2, 0.25) is 11.7 Å². The first kappa shape index (κ1) is 44.5. The first-order valence-corrected chi connectivity index (χ1v) is 20.9. The number of amides is 2. The molecule has 63 heavy (non-hydrogen) atoms. The summed E-state index contributed by atoms with van der Waals surface area (Å²) >= 11 is 2.31. The van der Waals surface area contributed by atoms with Gasteiger partial charge in [-0.1, -0.05) is 99.3 Å². The van der Waals surface area contributed by atoms with Crippen LogP contribution in [-0.2, 0) is 46.7 Å². The van der Waals surface area contributed by atoms with Crippen LogP contribution in [0.5, 0.6) is 5.75 Å². The van der Waals surface area contributed by atoms with Crippen molar-refractivity contribution < 1.29 is 66.8 Å². The highest BCUT2D eigenvalue weighted by molar-refractivity contribution is 8.01. The lowest BCUT2D eigenvalue weighted by atomic mass is 9.96. The molecule has 324 valence electrons. The molecular weight excluding hydrogens is 962 g/mol. The number of thiazole rings is 1. The standard InChI is InChI=1S/C43H39N9O8S2.HI/c1-25-18-34-50(21-30(39(44)52(34)49-25)40(55)60-38(27-10-6-4-7-11-27)28-12-8-5-9-13-28)22-31-37(41(56)59-23-26-14-16-29(57-2)17-15-26)51-35(54)19-36(51)62-43(31,32-24-61-42(45)47-32)48-33(53)20-46-58-3;/h4-18,20-21,24,36,38,44H,19,22-23H2,1-3H3,(H3,45,47,48,53);1H/t36-,43?;/m0./s1. The minimum atomic E-state index is -1.67. The maximum absolute atomic E-state index is 14.7. The van der Waals surface area contributed by atoms with Gasteiger partial charge in [-0.15, -0.1) is 11.3 Å². The number of nitrogens with two attached hydrogens (primary N) is 2. The minimum Gasteiger partial charge on any atom is -1.00 e. The Morgan fingerprint density at radius 1 is 1.02 bits per heavy atom. The lowest BCUT2D eigenvalue weighted by molar-refractivity contribution is -0.667. The van der Waals surface area contributed by atoms with Gasteiger partial charge in [-0.05, 0) is 35.7 Å². The average Bonchev–Trinajstić information content (AvgIpc) is 3.91. The molecule has 0 spiro atoms. The third-order valence-electron chi connectivity index (χ3n) is 10.2. The molecule has 0 saturated carbocycles. The summed E-state index contributed by atoms with van der Waals surface area (Å²) < 4.78 is 20.5. The van der Waals surface area contributed by atoms with Crippen LogP contribution in [0.25, 0.3) is 5.65 Å². The van der Waals surface area contributed by atoms with E-state index in [1.165, 1.54) is 34.5 Å². The lowest BCUT2D eigenvalue weighted by Crippen LogP contribution is -3.00. The molecule has 1 unspecified atom stereocenters. The Kier molecular flexibility index (Phi) is 13.3. The number of anilines is 2. The van der Waals surface area contributed by atoms with Crippen molar-refractivity contribution in [1.82, 2.24) is 24.8 Å². The van der Waals surface area contributed by atoms with E-state index in [9.17, 15) is 19.2 Å². The molecule has 3 aromatic heterocycles. The highest BCUT2D eigenvalue weighted by atomic mass is 127. The predicted molar refractivity (Wildman–Crippen MR) is 229 cm³/mol. The number of aromatic nitrogens is 4. The van der Waals surface area contributed by atoms with Crippen molar-refractivity contribution in [3.8, 4) is 5.75 Å². The van der Waals surface area contributed by atoms with Crippen molar-refractivity contribution in [3.63, 3.8) is 0 Å². The second kappa shape index (κ2) is 18.8. The van der Waals surface area contributed by atoms with Crippen LogP contribution in [0.4, 0.5) is 10.9 Å². The molecule has 8 rings (SSSR count). The number of rotatable bonds is 14. The predicted octanol–water partition coefficient (Wildman–Crippen LogP) is 1.41. The smallest absolute Gasteiger partial charge is 0.355 e. The number of ether oxygens (including phenoxy) is 3. The molecule has 1 fully saturated rings. The van der Waals surface area contributed by atoms with Crippen molar-refractivity contribution in [1.29, 1.82) is 0 Å². The number of fused-ring (bicyclic) bond motifs is 2. The van der Waals surface area contributed by atoms with Crippen LogP contribution in [0, 0.1) is 6.92 Å². The Balaban J connectivity index is 0.00000595. The number of methoxy groups -OCH3 is 1. The molecule has 2 amide bonds. The quantitative estimate of drug-likeness (QED) is 0.0352. The molecule has 2 aliphatic heterocycles. The molecular formula is C43H40IN9O8S2. The van der Waals surface area contributed by atoms with Crippen molar-refractivity contribution in [2.24, 2.45) is 5.16 Å². The van der Waals surface area contributed by atoms with Gasteiger partial charge in [0.15, 0.2) is 21.7 Å². The zero-order chi connectivity index (χ0) is 43.5.